The van der Waals surface area contributed by atoms with E-state index in [2.05, 4.69) is 41.9 Å². The molecule has 2 heterocycles. The number of nitrogens with two attached hydrogens (primary N) is 1. The van der Waals surface area contributed by atoms with Gasteiger partial charge in [0.25, 0.3) is 17.7 Å². The van der Waals surface area contributed by atoms with E-state index in [0.717, 1.165) is 20.4 Å². The molecule has 0 radical (unpaired) electrons. The topological polar surface area (TPSA) is 538 Å². The first-order valence-corrected chi connectivity index (χ1v) is 26.4. The molecule has 16 N–H and O–H groups in total. The van der Waals surface area contributed by atoms with Crippen molar-refractivity contribution in [2.45, 2.75) is 89.8 Å². The van der Waals surface area contributed by atoms with Crippen LogP contribution in [0.3, 0.4) is 0 Å². The highest BCUT2D eigenvalue weighted by atomic mass is 16.4. The number of unbranched alkanes of at least 4 members (excludes halogenated alkanes) is 3. The summed E-state index contributed by atoms with van der Waals surface area (Å²) in [5.41, 5.74) is 7.40. The molecule has 0 fully saturated rings. The van der Waals surface area contributed by atoms with Gasteiger partial charge >= 0.3 is 53.7 Å². The quantitative estimate of drug-likeness (QED) is 0.0119. The fraction of sp³-hybridized carbons (Fsp3) is 0.434. The number of amides is 3. The molecule has 34 heteroatoms. The van der Waals surface area contributed by atoms with Gasteiger partial charge in [0.15, 0.2) is 0 Å². The number of anilines is 2. The molecular weight excluding hydrogens is 1160 g/mol. The first-order valence-electron chi connectivity index (χ1n) is 26.4. The number of hydrogen-bond acceptors (Lipinski definition) is 22. The summed E-state index contributed by atoms with van der Waals surface area (Å²) in [4.78, 5) is 157. The Balaban J connectivity index is 0.000000654. The minimum absolute atomic E-state index is 0.0415. The normalized spacial score (nSPS) is 11.6. The summed E-state index contributed by atoms with van der Waals surface area (Å²) in [6.07, 6.45) is 5.87. The van der Waals surface area contributed by atoms with Gasteiger partial charge < -0.3 is 67.3 Å². The number of hydrazone groups is 1. The molecule has 3 rings (SSSR count). The maximum absolute atomic E-state index is 12.1. The second-order valence-corrected chi connectivity index (χ2v) is 18.8. The van der Waals surface area contributed by atoms with Crippen molar-refractivity contribution in [3.05, 3.63) is 83.2 Å². The molecule has 2 aromatic heterocycles. The largest absolute Gasteiger partial charge is 0.480 e. The van der Waals surface area contributed by atoms with Crippen LogP contribution in [0.5, 0.6) is 0 Å². The molecule has 476 valence electrons. The number of nitrogen functional groups attached to an aromatic ring is 1. The molecule has 3 amide bonds. The van der Waals surface area contributed by atoms with Crippen molar-refractivity contribution in [1.82, 2.24) is 40.6 Å². The average Bonchev–Trinajstić information content (AvgIpc) is 3.66. The van der Waals surface area contributed by atoms with E-state index in [9.17, 15) is 77.6 Å². The molecule has 0 saturated heterocycles. The molecule has 0 aliphatic rings. The lowest BCUT2D eigenvalue weighted by Crippen LogP contribution is -2.46. The molecule has 0 aliphatic heterocycles. The Labute approximate surface area is 496 Å². The molecule has 0 bridgehead atoms. The van der Waals surface area contributed by atoms with Crippen LogP contribution in [0, 0.1) is 0 Å². The van der Waals surface area contributed by atoms with Crippen molar-refractivity contribution < 1.29 is 108 Å². The number of benzene rings is 1. The third-order valence-electron chi connectivity index (χ3n) is 11.7. The number of nitrogens with zero attached hydrogens (tertiary/aromatic N) is 6. The Morgan fingerprint density at radius 2 is 0.759 bits per heavy atom. The first-order chi connectivity index (χ1) is 41.1. The van der Waals surface area contributed by atoms with Crippen molar-refractivity contribution in [2.75, 3.05) is 69.8 Å². The van der Waals surface area contributed by atoms with E-state index in [1.54, 1.807) is 12.1 Å². The zero-order chi connectivity index (χ0) is 65.6. The maximum Gasteiger partial charge on any atom is 0.320 e. The van der Waals surface area contributed by atoms with Crippen LogP contribution in [-0.2, 0) is 43.2 Å². The number of hydrazine groups is 1. The van der Waals surface area contributed by atoms with E-state index in [1.165, 1.54) is 48.8 Å². The van der Waals surface area contributed by atoms with Gasteiger partial charge in [0.05, 0.1) is 50.4 Å². The number of aliphatic carboxylic acids is 9. The second kappa shape index (κ2) is 41.0. The van der Waals surface area contributed by atoms with Gasteiger partial charge in [-0.1, -0.05) is 12.1 Å². The van der Waals surface area contributed by atoms with Crippen molar-refractivity contribution in [1.29, 1.82) is 0 Å². The molecule has 0 spiro atoms. The highest BCUT2D eigenvalue weighted by molar-refractivity contribution is 5.95. The van der Waals surface area contributed by atoms with Gasteiger partial charge in [0, 0.05) is 48.9 Å². The summed E-state index contributed by atoms with van der Waals surface area (Å²) in [6, 6.07) is 8.56. The molecule has 3 aromatic rings. The molecule has 3 atom stereocenters. The predicted octanol–water partition coefficient (Wildman–Crippen LogP) is 0.229. The van der Waals surface area contributed by atoms with E-state index in [4.69, 9.17) is 36.5 Å². The molecule has 0 aliphatic carbocycles. The number of carbonyl (C=O) groups excluding carboxylic acids is 4. The smallest absolute Gasteiger partial charge is 0.320 e. The monoisotopic (exact) mass is 1230 g/mol. The zero-order valence-corrected chi connectivity index (χ0v) is 47.4. The van der Waals surface area contributed by atoms with E-state index in [-0.39, 0.29) is 56.6 Å². The van der Waals surface area contributed by atoms with E-state index in [0.29, 0.717) is 78.7 Å². The van der Waals surface area contributed by atoms with E-state index in [1.807, 2.05) is 13.8 Å². The van der Waals surface area contributed by atoms with Crippen molar-refractivity contribution in [3.8, 4) is 0 Å². The Morgan fingerprint density at radius 3 is 1.01 bits per heavy atom. The summed E-state index contributed by atoms with van der Waals surface area (Å²) in [6.45, 7) is 0.268. The predicted molar refractivity (Wildman–Crippen MR) is 304 cm³/mol. The van der Waals surface area contributed by atoms with Crippen LogP contribution in [0.15, 0.2) is 66.0 Å². The number of aldehydes is 1. The summed E-state index contributed by atoms with van der Waals surface area (Å²) in [7, 11) is 0. The van der Waals surface area contributed by atoms with E-state index < -0.39 is 111 Å². The number of hydrogen-bond donors (Lipinski definition) is 15. The minimum Gasteiger partial charge on any atom is -0.480 e. The Kier molecular flexibility index (Phi) is 35.4. The molecule has 34 nitrogen and oxygen atoms in total. The molecular formula is C53H72N12O22. The molecule has 87 heavy (non-hydrogen) atoms. The van der Waals surface area contributed by atoms with Crippen LogP contribution in [0.1, 0.15) is 113 Å². The van der Waals surface area contributed by atoms with Crippen molar-refractivity contribution >= 4 is 95.1 Å². The molecule has 3 unspecified atom stereocenters. The number of pyridine rings is 2. The Hall–Kier alpha value is -10.1. The lowest BCUT2D eigenvalue weighted by atomic mass is 10.1. The number of aromatic nitrogens is 2. The fourth-order valence-corrected chi connectivity index (χ4v) is 7.65. The lowest BCUT2D eigenvalue weighted by Gasteiger charge is -2.25. The molecule has 1 aromatic carbocycles. The van der Waals surface area contributed by atoms with Gasteiger partial charge in [-0.15, -0.1) is 0 Å². The maximum atomic E-state index is 12.1. The summed E-state index contributed by atoms with van der Waals surface area (Å²) >= 11 is 0. The lowest BCUT2D eigenvalue weighted by molar-refractivity contribution is -0.152. The highest BCUT2D eigenvalue weighted by Crippen LogP contribution is 2.14. The summed E-state index contributed by atoms with van der Waals surface area (Å²) < 4.78 is 0. The van der Waals surface area contributed by atoms with Gasteiger partial charge in [-0.25, -0.2) is 15.8 Å². The third kappa shape index (κ3) is 32.5. The number of carbonyl (C=O) groups is 13. The molecule has 0 saturated carbocycles. The minimum atomic E-state index is -1.32. The van der Waals surface area contributed by atoms with Crippen LogP contribution < -0.4 is 32.6 Å². The van der Waals surface area contributed by atoms with Gasteiger partial charge in [-0.05, 0) is 108 Å². The van der Waals surface area contributed by atoms with Crippen LogP contribution in [0.25, 0.3) is 0 Å². The SMILES string of the molecule is CC(C)=NNc1ccc(C(=O)NCCCCC(C(=O)O)N(CC(=O)O)CC(=O)O)cn1.NNc1ccc(C(=O)NCCCCC(C(=O)O)N(CC(=O)O)CC(=O)O)cn1.O=Cc1ccc(C(=O)NCCCCC(C(=O)O)N(CC(=O)O)CC(=O)O)cc1. The van der Waals surface area contributed by atoms with Crippen molar-refractivity contribution in [3.63, 3.8) is 0 Å². The van der Waals surface area contributed by atoms with Crippen LogP contribution in [-0.4, -0.2) is 231 Å². The van der Waals surface area contributed by atoms with Crippen LogP contribution >= 0.6 is 0 Å². The average molecular weight is 1230 g/mol. The fourth-order valence-electron chi connectivity index (χ4n) is 7.65. The first kappa shape index (κ1) is 75.0. The number of rotatable bonds is 40. The highest BCUT2D eigenvalue weighted by Gasteiger charge is 2.31. The Morgan fingerprint density at radius 1 is 0.460 bits per heavy atom. The van der Waals surface area contributed by atoms with Crippen LogP contribution in [0.4, 0.5) is 11.6 Å². The number of carboxylic acid groups (broad SMARTS) is 9. The van der Waals surface area contributed by atoms with Gasteiger partial charge in [-0.3, -0.25) is 82.5 Å². The van der Waals surface area contributed by atoms with Gasteiger partial charge in [-0.2, -0.15) is 5.10 Å². The van der Waals surface area contributed by atoms with Gasteiger partial charge in [0.2, 0.25) is 0 Å². The number of carboxylic acids is 9. The van der Waals surface area contributed by atoms with Crippen LogP contribution in [0.2, 0.25) is 0 Å². The summed E-state index contributed by atoms with van der Waals surface area (Å²) in [5, 5.41) is 93.1. The standard InChI is InChI=1S/C19H27N5O7.C18H22N2O8.C16H23N5O7/c1-12(2)22-23-15-7-6-13(9-21-15)18(29)20-8-4-3-5-14(19(30)31)24(10-16(25)26)11-17(27)28;21-11-12-4-6-13(7-5-12)17(26)19-8-2-1-3-14(18(27)28)20(9-15(22)23)10-16(24)25;17-20-12-5-4-10(7-19-12)15(26)18-6-2-1-3-11(16(27)28)21(8-13(22)23)9-14(24)25/h6-7,9,14H,3-5,8,10-11H2,1-2H3,(H,20,29)(H,21,23)(H,25,26)(H,27,28)(H,30,31);4-7,11,14H,1-3,8-10H2,(H,19,26)(H,22,23)(H,24,25)(H,27,28);4-5,7,11H,1-3,6,8-9,17H2,(H,18,26)(H,19,20)(H,22,23)(H,24,25)(H,27,28). The number of nitrogens with one attached hydrogen (secondary N) is 5. The second-order valence-electron chi connectivity index (χ2n) is 18.8. The summed E-state index contributed by atoms with van der Waals surface area (Å²) in [5.74, 6) is -6.76. The van der Waals surface area contributed by atoms with Crippen molar-refractivity contribution in [2.24, 2.45) is 10.9 Å². The van der Waals surface area contributed by atoms with E-state index >= 15 is 0 Å². The zero-order valence-electron chi connectivity index (χ0n) is 47.4. The Bertz CT molecular complexity index is 2770. The third-order valence-corrected chi connectivity index (χ3v) is 11.7. The van der Waals surface area contributed by atoms with Gasteiger partial charge in [0.1, 0.15) is 36.0 Å².